The summed E-state index contributed by atoms with van der Waals surface area (Å²) in [5, 5.41) is 36.8. The van der Waals surface area contributed by atoms with Crippen molar-refractivity contribution in [2.75, 3.05) is 13.2 Å². The summed E-state index contributed by atoms with van der Waals surface area (Å²) in [6.45, 7) is -0.373. The maximum absolute atomic E-state index is 10.6. The molecule has 0 radical (unpaired) electrons. The number of nitro groups is 1. The maximum Gasteiger partial charge on any atom is 0.312 e. The highest BCUT2D eigenvalue weighted by atomic mass is 35.5. The average molecular weight is 328 g/mol. The Labute approximate surface area is 131 Å². The fourth-order valence-corrected chi connectivity index (χ4v) is 1.53. The molecule has 0 heterocycles. The molecule has 0 aliphatic rings. The van der Waals surface area contributed by atoms with E-state index in [0.717, 1.165) is 12.1 Å². The third-order valence-corrected chi connectivity index (χ3v) is 2.63. The van der Waals surface area contributed by atoms with Gasteiger partial charge in [-0.3, -0.25) is 10.1 Å². The molecule has 0 aromatic heterocycles. The molecule has 3 N–H and O–H groups in total. The van der Waals surface area contributed by atoms with Gasteiger partial charge in [-0.1, -0.05) is 29.8 Å². The minimum absolute atomic E-state index is 0.0953. The molecule has 0 spiro atoms. The van der Waals surface area contributed by atoms with Crippen LogP contribution >= 0.6 is 11.6 Å². The minimum Gasteiger partial charge on any atom is -0.508 e. The Morgan fingerprint density at radius 3 is 2.27 bits per heavy atom. The number of benzene rings is 2. The zero-order chi connectivity index (χ0) is 16.5. The van der Waals surface area contributed by atoms with Crippen LogP contribution in [0, 0.1) is 10.1 Å². The van der Waals surface area contributed by atoms with Crippen molar-refractivity contribution in [3.05, 3.63) is 57.6 Å². The fraction of sp³-hybridized carbons (Fsp3) is 0.143. The first kappa shape index (κ1) is 17.5. The van der Waals surface area contributed by atoms with Crippen LogP contribution in [-0.2, 0) is 0 Å². The van der Waals surface area contributed by atoms with E-state index in [1.165, 1.54) is 0 Å². The second-order valence-corrected chi connectivity index (χ2v) is 4.34. The summed E-state index contributed by atoms with van der Waals surface area (Å²) in [5.74, 6) is -0.117. The molecule has 8 heteroatoms. The van der Waals surface area contributed by atoms with Gasteiger partial charge >= 0.3 is 5.69 Å². The van der Waals surface area contributed by atoms with Crippen LogP contribution in [0.3, 0.4) is 0 Å². The molecule has 0 atom stereocenters. The van der Waals surface area contributed by atoms with Gasteiger partial charge in [-0.15, -0.1) is 0 Å². The van der Waals surface area contributed by atoms with E-state index in [-0.39, 0.29) is 35.4 Å². The van der Waals surface area contributed by atoms with Crippen molar-refractivity contribution in [1.82, 2.24) is 0 Å². The van der Waals surface area contributed by atoms with E-state index >= 15 is 0 Å². The number of rotatable bonds is 4. The van der Waals surface area contributed by atoms with Crippen molar-refractivity contribution < 1.29 is 25.0 Å². The lowest BCUT2D eigenvalue weighted by molar-refractivity contribution is -0.385. The fourth-order valence-electron chi connectivity index (χ4n) is 1.37. The first-order chi connectivity index (χ1) is 10.5. The van der Waals surface area contributed by atoms with Gasteiger partial charge in [0.05, 0.1) is 16.6 Å². The second-order valence-electron chi connectivity index (χ2n) is 3.94. The first-order valence-electron chi connectivity index (χ1n) is 6.10. The summed E-state index contributed by atoms with van der Waals surface area (Å²) < 4.78 is 4.87. The standard InChI is InChI=1S/C8H8ClNO5.C6H6O/c9-5-3-6(10(13)14)8(4-7(5)12)15-2-1-11;7-6-4-2-1-3-5-6/h3-4,11-12H,1-2H2;1-5,7H. The van der Waals surface area contributed by atoms with Crippen molar-refractivity contribution in [1.29, 1.82) is 0 Å². The molecule has 2 aromatic rings. The van der Waals surface area contributed by atoms with Gasteiger partial charge in [-0.05, 0) is 12.1 Å². The van der Waals surface area contributed by atoms with Crippen LogP contribution in [0.1, 0.15) is 0 Å². The Balaban J connectivity index is 0.000000287. The van der Waals surface area contributed by atoms with Crippen LogP contribution in [0.5, 0.6) is 17.2 Å². The number of aliphatic hydroxyl groups excluding tert-OH is 1. The summed E-state index contributed by atoms with van der Waals surface area (Å²) in [5.41, 5.74) is -0.355. The Hall–Kier alpha value is -2.51. The number of ether oxygens (including phenoxy) is 1. The third-order valence-electron chi connectivity index (χ3n) is 2.33. The molecule has 2 aromatic carbocycles. The molecule has 0 aliphatic heterocycles. The molecule has 0 saturated carbocycles. The van der Waals surface area contributed by atoms with E-state index in [9.17, 15) is 15.2 Å². The summed E-state index contributed by atoms with van der Waals surface area (Å²) in [6, 6.07) is 10.7. The molecule has 118 valence electrons. The lowest BCUT2D eigenvalue weighted by Crippen LogP contribution is -2.03. The van der Waals surface area contributed by atoms with Crippen LogP contribution in [-0.4, -0.2) is 33.5 Å². The topological polar surface area (TPSA) is 113 Å². The predicted octanol–water partition coefficient (Wildman–Crippen LogP) is 2.72. The lowest BCUT2D eigenvalue weighted by atomic mass is 10.3. The molecule has 7 nitrogen and oxygen atoms in total. The van der Waals surface area contributed by atoms with Gasteiger partial charge in [0.15, 0.2) is 0 Å². The van der Waals surface area contributed by atoms with Gasteiger partial charge in [-0.25, -0.2) is 0 Å². The predicted molar refractivity (Wildman–Crippen MR) is 80.5 cm³/mol. The molecule has 0 bridgehead atoms. The highest BCUT2D eigenvalue weighted by Crippen LogP contribution is 2.36. The molecule has 0 unspecified atom stereocenters. The van der Waals surface area contributed by atoms with Gasteiger partial charge < -0.3 is 20.1 Å². The quantitative estimate of drug-likeness (QED) is 0.587. The normalized spacial score (nSPS) is 9.55. The van der Waals surface area contributed by atoms with Gasteiger partial charge in [0.2, 0.25) is 5.75 Å². The third kappa shape index (κ3) is 5.47. The minimum atomic E-state index is -0.683. The van der Waals surface area contributed by atoms with Crippen molar-refractivity contribution in [3.8, 4) is 17.2 Å². The Kier molecular flexibility index (Phi) is 6.94. The van der Waals surface area contributed by atoms with Crippen molar-refractivity contribution in [3.63, 3.8) is 0 Å². The number of phenols is 2. The summed E-state index contributed by atoms with van der Waals surface area (Å²) >= 11 is 5.50. The first-order valence-corrected chi connectivity index (χ1v) is 6.48. The molecule has 0 aliphatic carbocycles. The Bertz CT molecular complexity index is 620. The second kappa shape index (κ2) is 8.71. The Morgan fingerprint density at radius 2 is 1.82 bits per heavy atom. The highest BCUT2D eigenvalue weighted by Gasteiger charge is 2.18. The zero-order valence-corrected chi connectivity index (χ0v) is 12.1. The molecule has 0 saturated heterocycles. The van der Waals surface area contributed by atoms with Crippen LogP contribution < -0.4 is 4.74 Å². The molecular formula is C14H14ClNO6. The average Bonchev–Trinajstić information content (AvgIpc) is 2.49. The van der Waals surface area contributed by atoms with Gasteiger partial charge in [0.25, 0.3) is 0 Å². The van der Waals surface area contributed by atoms with Crippen LogP contribution in [0.15, 0.2) is 42.5 Å². The van der Waals surface area contributed by atoms with Crippen LogP contribution in [0.25, 0.3) is 0 Å². The zero-order valence-electron chi connectivity index (χ0n) is 11.3. The molecule has 2 rings (SSSR count). The Morgan fingerprint density at radius 1 is 1.18 bits per heavy atom. The van der Waals surface area contributed by atoms with E-state index in [1.54, 1.807) is 24.3 Å². The largest absolute Gasteiger partial charge is 0.508 e. The molecule has 0 fully saturated rings. The van der Waals surface area contributed by atoms with E-state index in [1.807, 2.05) is 6.07 Å². The number of para-hydroxylation sites is 1. The molecular weight excluding hydrogens is 314 g/mol. The van der Waals surface area contributed by atoms with Crippen molar-refractivity contribution >= 4 is 17.3 Å². The van der Waals surface area contributed by atoms with Crippen molar-refractivity contribution in [2.24, 2.45) is 0 Å². The smallest absolute Gasteiger partial charge is 0.312 e. The van der Waals surface area contributed by atoms with Crippen molar-refractivity contribution in [2.45, 2.75) is 0 Å². The molecule has 22 heavy (non-hydrogen) atoms. The van der Waals surface area contributed by atoms with Gasteiger partial charge in [0.1, 0.15) is 18.1 Å². The summed E-state index contributed by atoms with van der Waals surface area (Å²) in [7, 11) is 0. The number of hydrogen-bond acceptors (Lipinski definition) is 6. The number of aliphatic hydroxyl groups is 1. The number of nitrogens with zero attached hydrogens (tertiary/aromatic N) is 1. The number of phenolic OH excluding ortho intramolecular Hbond substituents is 2. The number of halogens is 1. The number of hydrogen-bond donors (Lipinski definition) is 3. The number of nitro benzene ring substituents is 1. The molecule has 0 amide bonds. The van der Waals surface area contributed by atoms with Gasteiger partial charge in [-0.2, -0.15) is 0 Å². The summed E-state index contributed by atoms with van der Waals surface area (Å²) in [6.07, 6.45) is 0. The van der Waals surface area contributed by atoms with E-state index in [4.69, 9.17) is 26.6 Å². The van der Waals surface area contributed by atoms with Crippen LogP contribution in [0.4, 0.5) is 5.69 Å². The van der Waals surface area contributed by atoms with E-state index in [0.29, 0.717) is 5.75 Å². The van der Waals surface area contributed by atoms with Crippen LogP contribution in [0.2, 0.25) is 5.02 Å². The van der Waals surface area contributed by atoms with Gasteiger partial charge in [0, 0.05) is 12.1 Å². The summed E-state index contributed by atoms with van der Waals surface area (Å²) in [4.78, 5) is 9.89. The monoisotopic (exact) mass is 327 g/mol. The lowest BCUT2D eigenvalue weighted by Gasteiger charge is -2.06. The SMILES string of the molecule is O=[N+]([O-])c1cc(Cl)c(O)cc1OCCO.Oc1ccccc1. The van der Waals surface area contributed by atoms with E-state index < -0.39 is 4.92 Å². The highest BCUT2D eigenvalue weighted by molar-refractivity contribution is 6.32. The number of aromatic hydroxyl groups is 2. The van der Waals surface area contributed by atoms with E-state index in [2.05, 4.69) is 0 Å². The maximum atomic E-state index is 10.6.